The van der Waals surface area contributed by atoms with E-state index in [1.807, 2.05) is 6.55 Å². The molecule has 0 radical (unpaired) electrons. The lowest BCUT2D eigenvalue weighted by molar-refractivity contribution is -0.121. The summed E-state index contributed by atoms with van der Waals surface area (Å²) in [5.74, 6) is -0.0862. The summed E-state index contributed by atoms with van der Waals surface area (Å²) in [7, 11) is -0.488. The minimum atomic E-state index is -2.13. The predicted octanol–water partition coefficient (Wildman–Crippen LogP) is 2.28. The molecule has 14 heavy (non-hydrogen) atoms. The molecule has 0 rings (SSSR count). The first kappa shape index (κ1) is 13.5. The van der Waals surface area contributed by atoms with Crippen LogP contribution in [0.15, 0.2) is 12.7 Å². The molecule has 0 aliphatic heterocycles. The molecule has 3 nitrogen and oxygen atoms in total. The number of ketones is 1. The van der Waals surface area contributed by atoms with Gasteiger partial charge in [0.2, 0.25) is 0 Å². The van der Waals surface area contributed by atoms with Crippen molar-refractivity contribution < 1.29 is 13.6 Å². The number of carbonyl (C=O) groups is 1. The number of carbonyl (C=O) groups excluding carboxylic acids is 1. The molecule has 4 heteroatoms. The van der Waals surface area contributed by atoms with Crippen molar-refractivity contribution in [3.63, 3.8) is 0 Å². The summed E-state index contributed by atoms with van der Waals surface area (Å²) in [6.07, 6.45) is 1.86. The fourth-order valence-electron chi connectivity index (χ4n) is 1.26. The third-order valence-electron chi connectivity index (χ3n) is 2.16. The van der Waals surface area contributed by atoms with Crippen LogP contribution in [0.25, 0.3) is 0 Å². The van der Waals surface area contributed by atoms with E-state index in [2.05, 4.69) is 13.5 Å². The molecular formula is C10H20O3Si. The first-order valence-electron chi connectivity index (χ1n) is 4.88. The second kappa shape index (κ2) is 6.11. The Morgan fingerprint density at radius 1 is 1.64 bits per heavy atom. The van der Waals surface area contributed by atoms with Crippen molar-refractivity contribution in [2.45, 2.75) is 39.0 Å². The van der Waals surface area contributed by atoms with Crippen molar-refractivity contribution in [2.24, 2.45) is 0 Å². The molecule has 0 fully saturated rings. The Bertz CT molecular complexity index is 206. The van der Waals surface area contributed by atoms with E-state index in [0.717, 1.165) is 12.5 Å². The van der Waals surface area contributed by atoms with E-state index in [-0.39, 0.29) is 5.78 Å². The lowest BCUT2D eigenvalue weighted by atomic mass is 10.3. The normalized spacial score (nSPS) is 17.1. The predicted molar refractivity (Wildman–Crippen MR) is 59.5 cm³/mol. The highest BCUT2D eigenvalue weighted by Crippen LogP contribution is 2.17. The van der Waals surface area contributed by atoms with E-state index >= 15 is 0 Å². The number of hydrogen-bond acceptors (Lipinski definition) is 3. The monoisotopic (exact) mass is 216 g/mol. The summed E-state index contributed by atoms with van der Waals surface area (Å²) >= 11 is 0. The molecule has 0 aromatic rings. The molecule has 0 aliphatic rings. The fourth-order valence-corrected chi connectivity index (χ4v) is 3.45. The molecule has 0 heterocycles. The average Bonchev–Trinajstić information content (AvgIpc) is 2.16. The SMILES string of the molecule is C=CC(=O)C(C)O[Si](C)(CCC)OC. The van der Waals surface area contributed by atoms with Gasteiger partial charge in [-0.05, 0) is 25.6 Å². The van der Waals surface area contributed by atoms with E-state index in [0.29, 0.717) is 0 Å². The smallest absolute Gasteiger partial charge is 0.335 e. The zero-order valence-corrected chi connectivity index (χ0v) is 10.5. The van der Waals surface area contributed by atoms with Gasteiger partial charge in [0.05, 0.1) is 0 Å². The Morgan fingerprint density at radius 3 is 2.57 bits per heavy atom. The quantitative estimate of drug-likeness (QED) is 0.484. The van der Waals surface area contributed by atoms with E-state index < -0.39 is 14.7 Å². The van der Waals surface area contributed by atoms with Gasteiger partial charge in [0.1, 0.15) is 6.10 Å². The topological polar surface area (TPSA) is 35.5 Å². The van der Waals surface area contributed by atoms with E-state index in [9.17, 15) is 4.79 Å². The Morgan fingerprint density at radius 2 is 2.21 bits per heavy atom. The highest BCUT2D eigenvalue weighted by molar-refractivity contribution is 6.66. The van der Waals surface area contributed by atoms with Crippen LogP contribution in [0.4, 0.5) is 0 Å². The van der Waals surface area contributed by atoms with Crippen LogP contribution in [0, 0.1) is 0 Å². The molecule has 0 N–H and O–H groups in total. The Kier molecular flexibility index (Phi) is 5.91. The first-order valence-corrected chi connectivity index (χ1v) is 7.40. The molecule has 82 valence electrons. The first-order chi connectivity index (χ1) is 6.49. The Labute approximate surface area is 87.4 Å². The van der Waals surface area contributed by atoms with Crippen molar-refractivity contribution in [3.05, 3.63) is 12.7 Å². The van der Waals surface area contributed by atoms with Crippen molar-refractivity contribution >= 4 is 14.3 Å². The summed E-state index contributed by atoms with van der Waals surface area (Å²) < 4.78 is 11.0. The standard InChI is InChI=1S/C10H20O3Si/c1-6-8-14(5,12-4)13-9(3)10(11)7-2/h7,9H,2,6,8H2,1,3-5H3. The van der Waals surface area contributed by atoms with Crippen LogP contribution in [-0.2, 0) is 13.6 Å². The van der Waals surface area contributed by atoms with Crippen molar-refractivity contribution in [3.8, 4) is 0 Å². The Balaban J connectivity index is 4.29. The van der Waals surface area contributed by atoms with Gasteiger partial charge in [-0.3, -0.25) is 4.79 Å². The summed E-state index contributed by atoms with van der Waals surface area (Å²) in [5.41, 5.74) is 0. The molecule has 0 aromatic heterocycles. The van der Waals surface area contributed by atoms with Crippen LogP contribution in [0.1, 0.15) is 20.3 Å². The largest absolute Gasteiger partial charge is 0.398 e. The molecule has 0 aromatic carbocycles. The van der Waals surface area contributed by atoms with Crippen LogP contribution in [0.3, 0.4) is 0 Å². The van der Waals surface area contributed by atoms with Crippen molar-refractivity contribution in [2.75, 3.05) is 7.11 Å². The van der Waals surface area contributed by atoms with E-state index in [1.54, 1.807) is 14.0 Å². The second-order valence-corrected chi connectivity index (χ2v) is 6.87. The van der Waals surface area contributed by atoms with Gasteiger partial charge >= 0.3 is 8.56 Å². The van der Waals surface area contributed by atoms with Crippen molar-refractivity contribution in [1.82, 2.24) is 0 Å². The molecular weight excluding hydrogens is 196 g/mol. The zero-order chi connectivity index (χ0) is 11.2. The maximum absolute atomic E-state index is 11.2. The molecule has 0 spiro atoms. The maximum atomic E-state index is 11.2. The van der Waals surface area contributed by atoms with Gasteiger partial charge in [0.15, 0.2) is 5.78 Å². The minimum Gasteiger partial charge on any atom is -0.398 e. The second-order valence-electron chi connectivity index (χ2n) is 3.45. The lowest BCUT2D eigenvalue weighted by Crippen LogP contribution is -2.42. The molecule has 2 unspecified atom stereocenters. The Hall–Kier alpha value is -0.453. The molecule has 0 aliphatic carbocycles. The fraction of sp³-hybridized carbons (Fsp3) is 0.700. The zero-order valence-electron chi connectivity index (χ0n) is 9.50. The van der Waals surface area contributed by atoms with Crippen LogP contribution < -0.4 is 0 Å². The molecule has 0 saturated heterocycles. The summed E-state index contributed by atoms with van der Waals surface area (Å²) in [6.45, 7) is 9.22. The van der Waals surface area contributed by atoms with Crippen molar-refractivity contribution in [1.29, 1.82) is 0 Å². The van der Waals surface area contributed by atoms with Gasteiger partial charge in [0.25, 0.3) is 0 Å². The van der Waals surface area contributed by atoms with Gasteiger partial charge in [-0.2, -0.15) is 0 Å². The highest BCUT2D eigenvalue weighted by Gasteiger charge is 2.32. The summed E-state index contributed by atoms with van der Waals surface area (Å²) in [5, 5.41) is 0. The lowest BCUT2D eigenvalue weighted by Gasteiger charge is -2.27. The van der Waals surface area contributed by atoms with Gasteiger partial charge < -0.3 is 8.85 Å². The third kappa shape index (κ3) is 4.17. The van der Waals surface area contributed by atoms with Crippen LogP contribution in [0.2, 0.25) is 12.6 Å². The van der Waals surface area contributed by atoms with Gasteiger partial charge in [-0.1, -0.05) is 19.9 Å². The third-order valence-corrected chi connectivity index (χ3v) is 5.29. The summed E-state index contributed by atoms with van der Waals surface area (Å²) in [4.78, 5) is 11.2. The van der Waals surface area contributed by atoms with Gasteiger partial charge in [-0.15, -0.1) is 0 Å². The minimum absolute atomic E-state index is 0.0862. The van der Waals surface area contributed by atoms with Gasteiger partial charge in [0, 0.05) is 7.11 Å². The molecule has 0 bridgehead atoms. The number of hydrogen-bond donors (Lipinski definition) is 0. The number of rotatable bonds is 7. The maximum Gasteiger partial charge on any atom is 0.335 e. The van der Waals surface area contributed by atoms with Crippen LogP contribution in [-0.4, -0.2) is 27.6 Å². The molecule has 0 amide bonds. The van der Waals surface area contributed by atoms with Crippen LogP contribution in [0.5, 0.6) is 0 Å². The molecule has 0 saturated carbocycles. The van der Waals surface area contributed by atoms with E-state index in [1.165, 1.54) is 6.08 Å². The van der Waals surface area contributed by atoms with Crippen LogP contribution >= 0.6 is 0 Å². The van der Waals surface area contributed by atoms with Gasteiger partial charge in [-0.25, -0.2) is 0 Å². The van der Waals surface area contributed by atoms with E-state index in [4.69, 9.17) is 8.85 Å². The molecule has 2 atom stereocenters. The summed E-state index contributed by atoms with van der Waals surface area (Å²) in [6, 6.07) is 0.901. The average molecular weight is 216 g/mol. The highest BCUT2D eigenvalue weighted by atomic mass is 28.4.